The molecule has 0 fully saturated rings. The van der Waals surface area contributed by atoms with E-state index in [1.54, 1.807) is 0 Å². The van der Waals surface area contributed by atoms with E-state index in [2.05, 4.69) is 22.6 Å². The van der Waals surface area contributed by atoms with Gasteiger partial charge in [-0.2, -0.15) is 0 Å². The van der Waals surface area contributed by atoms with Crippen molar-refractivity contribution in [1.29, 1.82) is 5.41 Å². The third kappa shape index (κ3) is 3.02. The van der Waals surface area contributed by atoms with Crippen molar-refractivity contribution in [3.63, 3.8) is 0 Å². The standard InChI is InChI=1S/C5H10IN/c1-4(2)5(7)3-6/h4,7H,3H2,1-2H3. The maximum atomic E-state index is 7.18. The van der Waals surface area contributed by atoms with Crippen LogP contribution in [-0.4, -0.2) is 10.1 Å². The number of nitrogens with one attached hydrogen (secondary N) is 1. The largest absolute Gasteiger partial charge is 0.309 e. The molecule has 0 spiro atoms. The van der Waals surface area contributed by atoms with E-state index in [0.29, 0.717) is 5.92 Å². The third-order valence-corrected chi connectivity index (χ3v) is 1.66. The smallest absolute Gasteiger partial charge is 0.0376 e. The summed E-state index contributed by atoms with van der Waals surface area (Å²) in [4.78, 5) is 0. The molecule has 0 aliphatic heterocycles. The minimum absolute atomic E-state index is 0.442. The first kappa shape index (κ1) is 7.40. The molecular weight excluding hydrogens is 201 g/mol. The summed E-state index contributed by atoms with van der Waals surface area (Å²) in [6.07, 6.45) is 0. The molecule has 0 unspecified atom stereocenters. The first-order valence-corrected chi connectivity index (χ1v) is 3.84. The Kier molecular flexibility index (Phi) is 3.60. The van der Waals surface area contributed by atoms with Gasteiger partial charge in [0.2, 0.25) is 0 Å². The molecule has 0 bridgehead atoms. The average Bonchev–Trinajstić information content (AvgIpc) is 1.65. The first-order chi connectivity index (χ1) is 3.18. The highest BCUT2D eigenvalue weighted by Gasteiger charge is 1.96. The third-order valence-electron chi connectivity index (χ3n) is 0.841. The molecule has 0 atom stereocenters. The lowest BCUT2D eigenvalue weighted by molar-refractivity contribution is 0.874. The molecule has 1 N–H and O–H groups in total. The normalized spacial score (nSPS) is 9.71. The number of hydrogen-bond acceptors (Lipinski definition) is 1. The van der Waals surface area contributed by atoms with Gasteiger partial charge in [-0.3, -0.25) is 0 Å². The van der Waals surface area contributed by atoms with Crippen LogP contribution < -0.4 is 0 Å². The maximum absolute atomic E-state index is 7.18. The van der Waals surface area contributed by atoms with Crippen molar-refractivity contribution in [2.24, 2.45) is 5.92 Å². The van der Waals surface area contributed by atoms with E-state index in [0.717, 1.165) is 10.1 Å². The van der Waals surface area contributed by atoms with Crippen molar-refractivity contribution in [1.82, 2.24) is 0 Å². The van der Waals surface area contributed by atoms with Gasteiger partial charge in [0, 0.05) is 10.1 Å². The lowest BCUT2D eigenvalue weighted by Gasteiger charge is -1.99. The van der Waals surface area contributed by atoms with Crippen molar-refractivity contribution >= 4 is 28.3 Å². The lowest BCUT2D eigenvalue weighted by Crippen LogP contribution is -2.05. The second-order valence-corrected chi connectivity index (χ2v) is 2.58. The van der Waals surface area contributed by atoms with Gasteiger partial charge in [0.15, 0.2) is 0 Å². The zero-order chi connectivity index (χ0) is 5.86. The first-order valence-electron chi connectivity index (χ1n) is 2.31. The number of rotatable bonds is 2. The van der Waals surface area contributed by atoms with Crippen LogP contribution in [0.15, 0.2) is 0 Å². The Bertz CT molecular complexity index is 68.5. The zero-order valence-corrected chi connectivity index (χ0v) is 6.82. The van der Waals surface area contributed by atoms with Gasteiger partial charge in [0.1, 0.15) is 0 Å². The van der Waals surface area contributed by atoms with Gasteiger partial charge in [-0.25, -0.2) is 0 Å². The van der Waals surface area contributed by atoms with Crippen LogP contribution in [0, 0.1) is 11.3 Å². The summed E-state index contributed by atoms with van der Waals surface area (Å²) in [5.74, 6) is 0.442. The van der Waals surface area contributed by atoms with Crippen molar-refractivity contribution in [2.75, 3.05) is 4.43 Å². The molecule has 42 valence electrons. The predicted octanol–water partition coefficient (Wildman–Crippen LogP) is 2.10. The maximum Gasteiger partial charge on any atom is 0.0376 e. The average molecular weight is 211 g/mol. The fraction of sp³-hybridized carbons (Fsp3) is 0.800. The van der Waals surface area contributed by atoms with E-state index in [1.807, 2.05) is 13.8 Å². The highest BCUT2D eigenvalue weighted by atomic mass is 127. The molecule has 0 radical (unpaired) electrons. The SMILES string of the molecule is CC(C)C(=N)CI. The monoisotopic (exact) mass is 211 g/mol. The second kappa shape index (κ2) is 3.41. The number of halogens is 1. The van der Waals surface area contributed by atoms with E-state index < -0.39 is 0 Å². The lowest BCUT2D eigenvalue weighted by atomic mass is 10.1. The van der Waals surface area contributed by atoms with Crippen LogP contribution in [0.25, 0.3) is 0 Å². The van der Waals surface area contributed by atoms with E-state index in [4.69, 9.17) is 5.41 Å². The van der Waals surface area contributed by atoms with Crippen LogP contribution in [0.5, 0.6) is 0 Å². The molecule has 0 amide bonds. The van der Waals surface area contributed by atoms with Crippen LogP contribution >= 0.6 is 22.6 Å². The summed E-state index contributed by atoms with van der Waals surface area (Å²) in [5, 5.41) is 7.18. The molecule has 0 rings (SSSR count). The number of alkyl halides is 1. The van der Waals surface area contributed by atoms with E-state index >= 15 is 0 Å². The Morgan fingerprint density at radius 2 is 2.14 bits per heavy atom. The molecule has 2 heteroatoms. The van der Waals surface area contributed by atoms with Crippen LogP contribution in [0.1, 0.15) is 13.8 Å². The molecule has 0 saturated heterocycles. The van der Waals surface area contributed by atoms with Gasteiger partial charge in [-0.1, -0.05) is 36.4 Å². The van der Waals surface area contributed by atoms with E-state index in [-0.39, 0.29) is 0 Å². The van der Waals surface area contributed by atoms with Crippen molar-refractivity contribution in [2.45, 2.75) is 13.8 Å². The Balaban J connectivity index is 3.35. The topological polar surface area (TPSA) is 23.9 Å². The molecule has 7 heavy (non-hydrogen) atoms. The molecule has 0 aromatic carbocycles. The molecule has 1 nitrogen and oxygen atoms in total. The molecule has 0 aliphatic rings. The Labute approximate surface area is 58.1 Å². The van der Waals surface area contributed by atoms with Gasteiger partial charge in [-0.05, 0) is 5.92 Å². The molecule has 0 heterocycles. The quantitative estimate of drug-likeness (QED) is 0.411. The molecular formula is C5H10IN. The highest BCUT2D eigenvalue weighted by molar-refractivity contribution is 14.1. The Morgan fingerprint density at radius 3 is 2.14 bits per heavy atom. The van der Waals surface area contributed by atoms with Gasteiger partial charge in [0.05, 0.1) is 0 Å². The Morgan fingerprint density at radius 1 is 1.71 bits per heavy atom. The second-order valence-electron chi connectivity index (χ2n) is 1.81. The summed E-state index contributed by atoms with van der Waals surface area (Å²) >= 11 is 2.20. The highest BCUT2D eigenvalue weighted by Crippen LogP contribution is 1.96. The van der Waals surface area contributed by atoms with Crippen molar-refractivity contribution < 1.29 is 0 Å². The minimum atomic E-state index is 0.442. The van der Waals surface area contributed by atoms with E-state index in [9.17, 15) is 0 Å². The number of hydrogen-bond donors (Lipinski definition) is 1. The van der Waals surface area contributed by atoms with Gasteiger partial charge in [-0.15, -0.1) is 0 Å². The van der Waals surface area contributed by atoms with Gasteiger partial charge in [0.25, 0.3) is 0 Å². The van der Waals surface area contributed by atoms with Crippen LogP contribution in [-0.2, 0) is 0 Å². The van der Waals surface area contributed by atoms with Gasteiger partial charge >= 0.3 is 0 Å². The summed E-state index contributed by atoms with van der Waals surface area (Å²) in [6, 6.07) is 0. The van der Waals surface area contributed by atoms with Crippen LogP contribution in [0.2, 0.25) is 0 Å². The predicted molar refractivity (Wildman–Crippen MR) is 41.5 cm³/mol. The van der Waals surface area contributed by atoms with Crippen molar-refractivity contribution in [3.8, 4) is 0 Å². The molecule has 0 aromatic rings. The Hall–Kier alpha value is 0.400. The summed E-state index contributed by atoms with van der Waals surface area (Å²) < 4.78 is 0.870. The van der Waals surface area contributed by atoms with Crippen LogP contribution in [0.3, 0.4) is 0 Å². The molecule has 0 aliphatic carbocycles. The van der Waals surface area contributed by atoms with E-state index in [1.165, 1.54) is 0 Å². The summed E-state index contributed by atoms with van der Waals surface area (Å²) in [5.41, 5.74) is 0.834. The van der Waals surface area contributed by atoms with Gasteiger partial charge < -0.3 is 5.41 Å². The summed E-state index contributed by atoms with van der Waals surface area (Å²) in [7, 11) is 0. The fourth-order valence-corrected chi connectivity index (χ4v) is 1.04. The van der Waals surface area contributed by atoms with Crippen LogP contribution in [0.4, 0.5) is 0 Å². The molecule has 0 aromatic heterocycles. The minimum Gasteiger partial charge on any atom is -0.309 e. The summed E-state index contributed by atoms with van der Waals surface area (Å²) in [6.45, 7) is 4.09. The molecule has 0 saturated carbocycles. The van der Waals surface area contributed by atoms with Crippen molar-refractivity contribution in [3.05, 3.63) is 0 Å². The fourth-order valence-electron chi connectivity index (χ4n) is 0.154. The zero-order valence-electron chi connectivity index (χ0n) is 4.66.